The number of aryl methyl sites for hydroxylation is 2. The monoisotopic (exact) mass is 437 g/mol. The number of carbonyl (C=O) groups is 1. The van der Waals surface area contributed by atoms with Crippen LogP contribution in [0.2, 0.25) is 0 Å². The second-order valence-corrected chi connectivity index (χ2v) is 8.54. The largest absolute Gasteiger partial charge is 0.465 e. The van der Waals surface area contributed by atoms with E-state index in [1.165, 1.54) is 18.9 Å². The number of esters is 1. The van der Waals surface area contributed by atoms with Gasteiger partial charge in [0.25, 0.3) is 5.22 Å². The number of hydrogen-bond acceptors (Lipinski definition) is 8. The van der Waals surface area contributed by atoms with Crippen molar-refractivity contribution in [3.8, 4) is 22.0 Å². The minimum Gasteiger partial charge on any atom is -0.465 e. The highest BCUT2D eigenvalue weighted by atomic mass is 32.2. The van der Waals surface area contributed by atoms with Crippen molar-refractivity contribution in [2.75, 3.05) is 7.11 Å². The molecule has 4 rings (SSSR count). The molecule has 0 unspecified atom stereocenters. The van der Waals surface area contributed by atoms with Gasteiger partial charge in [-0.15, -0.1) is 21.5 Å². The zero-order chi connectivity index (χ0) is 21.1. The molecular weight excluding hydrogens is 418 g/mol. The Hall–Kier alpha value is -2.97. The summed E-state index contributed by atoms with van der Waals surface area (Å²) < 4.78 is 10.5. The summed E-state index contributed by atoms with van der Waals surface area (Å²) >= 11 is 3.01. The van der Waals surface area contributed by atoms with E-state index in [0.29, 0.717) is 22.4 Å². The third-order valence-corrected chi connectivity index (χ3v) is 6.12. The van der Waals surface area contributed by atoms with Crippen LogP contribution in [-0.2, 0) is 10.5 Å². The van der Waals surface area contributed by atoms with Gasteiger partial charge in [0.2, 0.25) is 5.89 Å². The predicted molar refractivity (Wildman–Crippen MR) is 118 cm³/mol. The molecule has 0 spiro atoms. The Morgan fingerprint density at radius 3 is 2.50 bits per heavy atom. The maximum absolute atomic E-state index is 11.6. The lowest BCUT2D eigenvalue weighted by atomic mass is 10.1. The molecule has 0 aliphatic carbocycles. The molecule has 30 heavy (non-hydrogen) atoms. The second kappa shape index (κ2) is 8.81. The molecule has 4 aromatic rings. The topological polar surface area (TPSA) is 78.1 Å². The molecule has 0 bridgehead atoms. The third-order valence-electron chi connectivity index (χ3n) is 4.32. The standard InChI is InChI=1S/C22H19N3O3S2/c1-13-8-14(2)10-17(9-13)19-24-25-22(28-19)30-12-18-11-29-20(23-18)15-4-6-16(7-5-15)21(26)27-3/h4-11H,12H2,1-3H3. The fourth-order valence-electron chi connectivity index (χ4n) is 2.99. The van der Waals surface area contributed by atoms with Crippen LogP contribution in [0.1, 0.15) is 27.2 Å². The molecule has 0 amide bonds. The molecule has 0 saturated carbocycles. The van der Waals surface area contributed by atoms with Crippen LogP contribution in [0.4, 0.5) is 0 Å². The maximum Gasteiger partial charge on any atom is 0.337 e. The number of thioether (sulfide) groups is 1. The molecule has 0 atom stereocenters. The number of thiazole rings is 1. The number of methoxy groups -OCH3 is 1. The van der Waals surface area contributed by atoms with Crippen LogP contribution in [0.3, 0.4) is 0 Å². The quantitative estimate of drug-likeness (QED) is 0.289. The molecule has 0 saturated heterocycles. The summed E-state index contributed by atoms with van der Waals surface area (Å²) in [5, 5.41) is 11.7. The molecule has 0 fully saturated rings. The minimum absolute atomic E-state index is 0.350. The van der Waals surface area contributed by atoms with Crippen LogP contribution in [-0.4, -0.2) is 28.3 Å². The highest BCUT2D eigenvalue weighted by Gasteiger charge is 2.12. The lowest BCUT2D eigenvalue weighted by Gasteiger charge is -2.00. The van der Waals surface area contributed by atoms with Gasteiger partial charge in [0, 0.05) is 22.3 Å². The van der Waals surface area contributed by atoms with Crippen molar-refractivity contribution in [1.82, 2.24) is 15.2 Å². The van der Waals surface area contributed by atoms with E-state index in [4.69, 9.17) is 9.15 Å². The van der Waals surface area contributed by atoms with Gasteiger partial charge in [-0.2, -0.15) is 0 Å². The molecule has 2 aromatic carbocycles. The van der Waals surface area contributed by atoms with E-state index < -0.39 is 0 Å². The van der Waals surface area contributed by atoms with E-state index in [9.17, 15) is 4.79 Å². The van der Waals surface area contributed by atoms with Crippen molar-refractivity contribution in [2.45, 2.75) is 24.8 Å². The van der Waals surface area contributed by atoms with Crippen molar-refractivity contribution in [3.05, 3.63) is 70.2 Å². The van der Waals surface area contributed by atoms with Gasteiger partial charge >= 0.3 is 5.97 Å². The first-order chi connectivity index (χ1) is 14.5. The zero-order valence-corrected chi connectivity index (χ0v) is 18.3. The molecule has 2 aromatic heterocycles. The first kappa shape index (κ1) is 20.3. The fourth-order valence-corrected chi connectivity index (χ4v) is 4.58. The highest BCUT2D eigenvalue weighted by Crippen LogP contribution is 2.29. The number of carbonyl (C=O) groups excluding carboxylic acids is 1. The molecule has 2 heterocycles. The van der Waals surface area contributed by atoms with E-state index in [1.807, 2.05) is 43.5 Å². The van der Waals surface area contributed by atoms with Crippen molar-refractivity contribution in [2.24, 2.45) is 0 Å². The zero-order valence-electron chi connectivity index (χ0n) is 16.7. The summed E-state index contributed by atoms with van der Waals surface area (Å²) in [7, 11) is 1.37. The van der Waals surface area contributed by atoms with E-state index in [1.54, 1.807) is 23.5 Å². The molecule has 152 valence electrons. The first-order valence-electron chi connectivity index (χ1n) is 9.20. The van der Waals surface area contributed by atoms with Crippen molar-refractivity contribution in [1.29, 1.82) is 0 Å². The molecule has 6 nitrogen and oxygen atoms in total. The van der Waals surface area contributed by atoms with E-state index in [2.05, 4.69) is 21.2 Å². The van der Waals surface area contributed by atoms with Gasteiger partial charge in [0.05, 0.1) is 18.4 Å². The number of ether oxygens (including phenoxy) is 1. The SMILES string of the molecule is COC(=O)c1ccc(-c2nc(CSc3nnc(-c4cc(C)cc(C)c4)o3)cs2)cc1. The van der Waals surface area contributed by atoms with Crippen molar-refractivity contribution < 1.29 is 13.9 Å². The summed E-state index contributed by atoms with van der Waals surface area (Å²) in [6, 6.07) is 13.4. The number of rotatable bonds is 6. The molecular formula is C22H19N3O3S2. The summed E-state index contributed by atoms with van der Waals surface area (Å²) in [6.07, 6.45) is 0. The Kier molecular flexibility index (Phi) is 5.96. The van der Waals surface area contributed by atoms with E-state index in [-0.39, 0.29) is 5.97 Å². The summed E-state index contributed by atoms with van der Waals surface area (Å²) in [5.74, 6) is 0.803. The molecule has 0 aliphatic rings. The summed E-state index contributed by atoms with van der Waals surface area (Å²) in [5.41, 5.74) is 5.66. The van der Waals surface area contributed by atoms with Crippen LogP contribution in [0.5, 0.6) is 0 Å². The Labute approximate surface area is 182 Å². The number of aromatic nitrogens is 3. The number of benzene rings is 2. The van der Waals surface area contributed by atoms with Gasteiger partial charge in [-0.1, -0.05) is 41.1 Å². The van der Waals surface area contributed by atoms with Crippen LogP contribution < -0.4 is 0 Å². The molecule has 0 N–H and O–H groups in total. The highest BCUT2D eigenvalue weighted by molar-refractivity contribution is 7.98. The smallest absolute Gasteiger partial charge is 0.337 e. The minimum atomic E-state index is -0.350. The van der Waals surface area contributed by atoms with Gasteiger partial charge in [-0.25, -0.2) is 9.78 Å². The fraction of sp³-hybridized carbons (Fsp3) is 0.182. The van der Waals surface area contributed by atoms with E-state index >= 15 is 0 Å². The van der Waals surface area contributed by atoms with Gasteiger partial charge < -0.3 is 9.15 Å². The second-order valence-electron chi connectivity index (χ2n) is 6.75. The Balaban J connectivity index is 1.41. The first-order valence-corrected chi connectivity index (χ1v) is 11.1. The van der Waals surface area contributed by atoms with Gasteiger partial charge in [0.1, 0.15) is 5.01 Å². The maximum atomic E-state index is 11.6. The molecule has 0 radical (unpaired) electrons. The van der Waals surface area contributed by atoms with Gasteiger partial charge in [-0.3, -0.25) is 0 Å². The predicted octanol–water partition coefficient (Wildman–Crippen LogP) is 5.56. The average molecular weight is 438 g/mol. The Morgan fingerprint density at radius 2 is 1.80 bits per heavy atom. The normalized spacial score (nSPS) is 10.9. The molecule has 8 heteroatoms. The Morgan fingerprint density at radius 1 is 1.07 bits per heavy atom. The van der Waals surface area contributed by atoms with Crippen molar-refractivity contribution in [3.63, 3.8) is 0 Å². The lowest BCUT2D eigenvalue weighted by molar-refractivity contribution is 0.0600. The van der Waals surface area contributed by atoms with E-state index in [0.717, 1.165) is 33.0 Å². The number of hydrogen-bond donors (Lipinski definition) is 0. The van der Waals surface area contributed by atoms with Gasteiger partial charge in [0.15, 0.2) is 0 Å². The third kappa shape index (κ3) is 4.60. The van der Waals surface area contributed by atoms with Crippen molar-refractivity contribution >= 4 is 29.1 Å². The Bertz CT molecular complexity index is 1160. The average Bonchev–Trinajstić information content (AvgIpc) is 3.41. The summed E-state index contributed by atoms with van der Waals surface area (Å²) in [4.78, 5) is 16.2. The lowest BCUT2D eigenvalue weighted by Crippen LogP contribution is -2.00. The number of nitrogens with zero attached hydrogens (tertiary/aromatic N) is 3. The van der Waals surface area contributed by atoms with Crippen LogP contribution in [0, 0.1) is 13.8 Å². The molecule has 0 aliphatic heterocycles. The summed E-state index contributed by atoms with van der Waals surface area (Å²) in [6.45, 7) is 4.09. The van der Waals surface area contributed by atoms with Crippen LogP contribution in [0.25, 0.3) is 22.0 Å². The van der Waals surface area contributed by atoms with Gasteiger partial charge in [-0.05, 0) is 38.1 Å². The van der Waals surface area contributed by atoms with Crippen LogP contribution in [0.15, 0.2) is 57.5 Å². The van der Waals surface area contributed by atoms with Crippen LogP contribution >= 0.6 is 23.1 Å².